The van der Waals surface area contributed by atoms with Crippen LogP contribution < -0.4 is 0 Å². The van der Waals surface area contributed by atoms with Crippen LogP contribution in [0.5, 0.6) is 0 Å². The Balaban J connectivity index is 1.32. The molecule has 5 aromatic carbocycles. The number of rotatable bonds is 2. The van der Waals surface area contributed by atoms with E-state index in [2.05, 4.69) is 149 Å². The van der Waals surface area contributed by atoms with Crippen molar-refractivity contribution in [2.24, 2.45) is 11.8 Å². The fourth-order valence-corrected chi connectivity index (χ4v) is 9.97. The van der Waals surface area contributed by atoms with Crippen LogP contribution in [0.3, 0.4) is 0 Å². The molecule has 0 saturated carbocycles. The summed E-state index contributed by atoms with van der Waals surface area (Å²) in [6, 6.07) is 34.3. The maximum atomic E-state index is 2.63. The third-order valence-electron chi connectivity index (χ3n) is 12.2. The van der Waals surface area contributed by atoms with E-state index in [1.54, 1.807) is 27.8 Å². The second-order valence-electron chi connectivity index (χ2n) is 15.2. The van der Waals surface area contributed by atoms with E-state index in [1.807, 2.05) is 0 Å². The van der Waals surface area contributed by atoms with Crippen molar-refractivity contribution in [3.63, 3.8) is 0 Å². The highest BCUT2D eigenvalue weighted by atomic mass is 14.6. The van der Waals surface area contributed by atoms with Crippen molar-refractivity contribution in [2.45, 2.75) is 51.4 Å². The molecule has 0 saturated heterocycles. The molecule has 0 heterocycles. The van der Waals surface area contributed by atoms with Crippen molar-refractivity contribution in [2.75, 3.05) is 0 Å². The zero-order valence-corrected chi connectivity index (χ0v) is 27.1. The first-order valence-corrected chi connectivity index (χ1v) is 17.1. The molecule has 0 amide bonds. The molecule has 0 fully saturated rings. The lowest BCUT2D eigenvalue weighted by Crippen LogP contribution is -2.34. The lowest BCUT2D eigenvalue weighted by molar-refractivity contribution is 0.410. The fraction of sp³-hybridized carbons (Fsp3) is 0.217. The van der Waals surface area contributed by atoms with E-state index in [0.717, 1.165) is 12.8 Å². The van der Waals surface area contributed by atoms with Gasteiger partial charge in [-0.15, -0.1) is 0 Å². The van der Waals surface area contributed by atoms with E-state index in [1.165, 1.54) is 60.5 Å². The second kappa shape index (κ2) is 8.98. The molecule has 2 atom stereocenters. The van der Waals surface area contributed by atoms with Gasteiger partial charge in [-0.25, -0.2) is 0 Å². The molecular formula is C46H38. The van der Waals surface area contributed by atoms with E-state index in [-0.39, 0.29) is 10.8 Å². The van der Waals surface area contributed by atoms with Crippen molar-refractivity contribution in [3.8, 4) is 22.3 Å². The van der Waals surface area contributed by atoms with Gasteiger partial charge in [-0.3, -0.25) is 0 Å². The average molecular weight is 591 g/mol. The first kappa shape index (κ1) is 26.5. The van der Waals surface area contributed by atoms with Gasteiger partial charge in [0.2, 0.25) is 0 Å². The van der Waals surface area contributed by atoms with Gasteiger partial charge in [0.05, 0.1) is 0 Å². The normalized spacial score (nSPS) is 22.7. The van der Waals surface area contributed by atoms with Gasteiger partial charge >= 0.3 is 0 Å². The van der Waals surface area contributed by atoms with Crippen molar-refractivity contribution in [1.82, 2.24) is 0 Å². The van der Waals surface area contributed by atoms with Crippen LogP contribution in [0.15, 0.2) is 144 Å². The smallest absolute Gasteiger partial charge is 0.0159 e. The van der Waals surface area contributed by atoms with E-state index in [0.29, 0.717) is 11.8 Å². The highest BCUT2D eigenvalue weighted by molar-refractivity contribution is 6.21. The zero-order valence-electron chi connectivity index (χ0n) is 27.1. The number of benzene rings is 5. The highest BCUT2D eigenvalue weighted by Gasteiger charge is 2.53. The zero-order chi connectivity index (χ0) is 30.9. The summed E-state index contributed by atoms with van der Waals surface area (Å²) in [5, 5.41) is 5.30. The molecule has 5 aliphatic carbocycles. The molecule has 46 heavy (non-hydrogen) atoms. The van der Waals surface area contributed by atoms with Crippen LogP contribution in [0.4, 0.5) is 0 Å². The van der Waals surface area contributed by atoms with Crippen LogP contribution in [-0.2, 0) is 10.8 Å². The highest BCUT2D eigenvalue weighted by Crippen LogP contribution is 2.66. The molecule has 0 N–H and O–H groups in total. The minimum absolute atomic E-state index is 0.0498. The average Bonchev–Trinajstić information content (AvgIpc) is 3.32. The molecule has 5 aromatic rings. The first-order chi connectivity index (χ1) is 22.4. The van der Waals surface area contributed by atoms with Gasteiger partial charge in [-0.05, 0) is 125 Å². The molecule has 0 radical (unpaired) electrons. The van der Waals surface area contributed by atoms with Crippen LogP contribution in [0.2, 0.25) is 0 Å². The number of fused-ring (bicyclic) bond motifs is 4. The Hall–Kier alpha value is -4.68. The molecule has 0 heteroatoms. The van der Waals surface area contributed by atoms with Crippen LogP contribution in [-0.4, -0.2) is 0 Å². The summed E-state index contributed by atoms with van der Waals surface area (Å²) in [6.07, 6.45) is 14.5. The Morgan fingerprint density at radius 3 is 1.91 bits per heavy atom. The third-order valence-corrected chi connectivity index (χ3v) is 12.2. The first-order valence-electron chi connectivity index (χ1n) is 17.1. The predicted octanol–water partition coefficient (Wildman–Crippen LogP) is 12.1. The number of hydrogen-bond donors (Lipinski definition) is 0. The monoisotopic (exact) mass is 590 g/mol. The van der Waals surface area contributed by atoms with Crippen molar-refractivity contribution >= 4 is 27.1 Å². The summed E-state index contributed by atoms with van der Waals surface area (Å²) in [7, 11) is 0. The Morgan fingerprint density at radius 2 is 1.24 bits per heavy atom. The van der Waals surface area contributed by atoms with Gasteiger partial charge in [-0.2, -0.15) is 0 Å². The van der Waals surface area contributed by atoms with Crippen molar-refractivity contribution < 1.29 is 0 Å². The predicted molar refractivity (Wildman–Crippen MR) is 195 cm³/mol. The van der Waals surface area contributed by atoms with Crippen LogP contribution in [0.1, 0.15) is 57.2 Å². The summed E-state index contributed by atoms with van der Waals surface area (Å²) in [5.41, 5.74) is 17.7. The molecule has 5 aliphatic rings. The summed E-state index contributed by atoms with van der Waals surface area (Å²) < 4.78 is 0. The number of allylic oxidation sites excluding steroid dienone is 10. The molecule has 10 rings (SSSR count). The fourth-order valence-electron chi connectivity index (χ4n) is 9.97. The van der Waals surface area contributed by atoms with Crippen LogP contribution in [0, 0.1) is 11.8 Å². The van der Waals surface area contributed by atoms with Crippen LogP contribution >= 0.6 is 0 Å². The van der Waals surface area contributed by atoms with Gasteiger partial charge in [-0.1, -0.05) is 137 Å². The molecular weight excluding hydrogens is 553 g/mol. The van der Waals surface area contributed by atoms with E-state index in [4.69, 9.17) is 0 Å². The molecule has 0 bridgehead atoms. The molecule has 222 valence electrons. The van der Waals surface area contributed by atoms with Gasteiger partial charge in [0.25, 0.3) is 0 Å². The van der Waals surface area contributed by atoms with E-state index in [9.17, 15) is 0 Å². The minimum Gasteiger partial charge on any atom is -0.0836 e. The Bertz CT molecular complexity index is 2290. The van der Waals surface area contributed by atoms with E-state index >= 15 is 0 Å². The number of hydrogen-bond acceptors (Lipinski definition) is 0. The lowest BCUT2D eigenvalue weighted by atomic mass is 9.57. The quantitative estimate of drug-likeness (QED) is 0.179. The summed E-state index contributed by atoms with van der Waals surface area (Å²) in [6.45, 7) is 10.0. The summed E-state index contributed by atoms with van der Waals surface area (Å²) in [5.74, 6) is 1.01. The second-order valence-corrected chi connectivity index (χ2v) is 15.2. The third kappa shape index (κ3) is 3.25. The van der Waals surface area contributed by atoms with Gasteiger partial charge in [0.15, 0.2) is 0 Å². The Labute approximate surface area is 272 Å². The van der Waals surface area contributed by atoms with E-state index < -0.39 is 0 Å². The maximum Gasteiger partial charge on any atom is 0.0159 e. The maximum absolute atomic E-state index is 2.63. The SMILES string of the molecule is CC1(C)C2=CC3=CC=CCC3C3=CCC4C(=C32)c2c1cc(-c1c3ccccc3c(-c3ccccc3)c3ccccc13)cc2C4(C)C. The topological polar surface area (TPSA) is 0 Å². The van der Waals surface area contributed by atoms with Gasteiger partial charge in [0, 0.05) is 11.3 Å². The molecule has 0 nitrogen and oxygen atoms in total. The van der Waals surface area contributed by atoms with Gasteiger partial charge in [0.1, 0.15) is 0 Å². The molecule has 2 unspecified atom stereocenters. The molecule has 0 aliphatic heterocycles. The minimum atomic E-state index is -0.108. The summed E-state index contributed by atoms with van der Waals surface area (Å²) in [4.78, 5) is 0. The molecule has 0 aromatic heterocycles. The summed E-state index contributed by atoms with van der Waals surface area (Å²) >= 11 is 0. The molecule has 0 spiro atoms. The van der Waals surface area contributed by atoms with Crippen molar-refractivity contribution in [3.05, 3.63) is 160 Å². The van der Waals surface area contributed by atoms with Crippen molar-refractivity contribution in [1.29, 1.82) is 0 Å². The van der Waals surface area contributed by atoms with Crippen LogP contribution in [0.25, 0.3) is 49.4 Å². The van der Waals surface area contributed by atoms with Gasteiger partial charge < -0.3 is 0 Å². The lowest BCUT2D eigenvalue weighted by Gasteiger charge is -2.46. The Kier molecular flexibility index (Phi) is 5.18. The largest absolute Gasteiger partial charge is 0.0836 e. The standard InChI is InChI=1S/C46H38/c1-45(2)36-23-22-35-30-17-9-8-16-28(30)24-37-42(35)44(36)43-38(45)25-29(26-39(43)46(37,3)4)41-33-20-12-10-18-31(33)40(27-14-6-5-7-15-27)32-19-11-13-21-34(32)41/h5-16,18-22,24-26,30,36H,17,23H2,1-4H3. The Morgan fingerprint density at radius 1 is 0.630 bits per heavy atom.